The van der Waals surface area contributed by atoms with Crippen LogP contribution in [0.5, 0.6) is 0 Å². The van der Waals surface area contributed by atoms with Gasteiger partial charge >= 0.3 is 0 Å². The molecule has 0 saturated carbocycles. The van der Waals surface area contributed by atoms with E-state index in [-0.39, 0.29) is 12.5 Å². The first-order chi connectivity index (χ1) is 9.95. The summed E-state index contributed by atoms with van der Waals surface area (Å²) in [7, 11) is 0. The van der Waals surface area contributed by atoms with Gasteiger partial charge in [0.1, 0.15) is 0 Å². The smallest absolute Gasteiger partial charge is 0.244 e. The van der Waals surface area contributed by atoms with Crippen LogP contribution in [0.3, 0.4) is 0 Å². The molecular formula is C18H27NO2. The molecule has 0 bridgehead atoms. The molecule has 0 unspecified atom stereocenters. The van der Waals surface area contributed by atoms with E-state index in [0.717, 1.165) is 12.8 Å². The van der Waals surface area contributed by atoms with Crippen molar-refractivity contribution < 1.29 is 9.90 Å². The number of carbonyl (C=O) groups is 1. The highest BCUT2D eigenvalue weighted by molar-refractivity contribution is 5.87. The molecule has 0 spiro atoms. The van der Waals surface area contributed by atoms with Crippen LogP contribution in [0, 0.1) is 0 Å². The fourth-order valence-electron chi connectivity index (χ4n) is 1.29. The maximum Gasteiger partial charge on any atom is 0.244 e. The van der Waals surface area contributed by atoms with E-state index < -0.39 is 5.60 Å². The zero-order valence-electron chi connectivity index (χ0n) is 13.3. The van der Waals surface area contributed by atoms with Crippen molar-refractivity contribution in [1.82, 2.24) is 5.32 Å². The van der Waals surface area contributed by atoms with Crippen molar-refractivity contribution in [3.05, 3.63) is 60.8 Å². The quantitative estimate of drug-likeness (QED) is 0.388. The van der Waals surface area contributed by atoms with Gasteiger partial charge < -0.3 is 10.4 Å². The van der Waals surface area contributed by atoms with E-state index in [1.807, 2.05) is 49.5 Å². The van der Waals surface area contributed by atoms with E-state index in [1.54, 1.807) is 19.9 Å². The van der Waals surface area contributed by atoms with E-state index in [2.05, 4.69) is 11.4 Å². The fraction of sp³-hybridized carbons (Fsp3) is 0.389. The number of rotatable bonds is 9. The van der Waals surface area contributed by atoms with Crippen LogP contribution < -0.4 is 5.32 Å². The minimum absolute atomic E-state index is 0.198. The molecule has 2 N–H and O–H groups in total. The van der Waals surface area contributed by atoms with E-state index in [1.165, 1.54) is 6.08 Å². The highest BCUT2D eigenvalue weighted by atomic mass is 16.3. The molecule has 21 heavy (non-hydrogen) atoms. The summed E-state index contributed by atoms with van der Waals surface area (Å²) in [6, 6.07) is 0. The molecule has 3 heteroatoms. The summed E-state index contributed by atoms with van der Waals surface area (Å²) in [5.74, 6) is -0.198. The van der Waals surface area contributed by atoms with Crippen LogP contribution in [0.1, 0.15) is 33.6 Å². The van der Waals surface area contributed by atoms with Gasteiger partial charge in [-0.05, 0) is 33.6 Å². The van der Waals surface area contributed by atoms with Crippen LogP contribution in [0.25, 0.3) is 0 Å². The first-order valence-corrected chi connectivity index (χ1v) is 7.23. The van der Waals surface area contributed by atoms with Crippen LogP contribution in [0.15, 0.2) is 60.8 Å². The summed E-state index contributed by atoms with van der Waals surface area (Å²) < 4.78 is 0. The molecule has 0 aromatic heterocycles. The summed E-state index contributed by atoms with van der Waals surface area (Å²) in [6.07, 6.45) is 21.0. The van der Waals surface area contributed by atoms with Gasteiger partial charge in [0, 0.05) is 12.6 Å². The van der Waals surface area contributed by atoms with Crippen molar-refractivity contribution in [2.75, 3.05) is 6.54 Å². The largest absolute Gasteiger partial charge is 0.389 e. The van der Waals surface area contributed by atoms with Gasteiger partial charge in [-0.25, -0.2) is 0 Å². The Bertz CT molecular complexity index is 421. The van der Waals surface area contributed by atoms with Gasteiger partial charge in [-0.15, -0.1) is 0 Å². The number of allylic oxidation sites excluding steroid dienone is 9. The predicted octanol–water partition coefficient (Wildman–Crippen LogP) is 3.45. The van der Waals surface area contributed by atoms with Gasteiger partial charge in [0.15, 0.2) is 0 Å². The molecular weight excluding hydrogens is 262 g/mol. The molecule has 0 radical (unpaired) electrons. The lowest BCUT2D eigenvalue weighted by Gasteiger charge is -2.16. The third-order valence-corrected chi connectivity index (χ3v) is 2.35. The number of unbranched alkanes of at least 4 members (excludes halogenated alkanes) is 1. The third-order valence-electron chi connectivity index (χ3n) is 2.35. The molecule has 0 rings (SSSR count). The van der Waals surface area contributed by atoms with E-state index in [9.17, 15) is 9.90 Å². The Labute approximate surface area is 128 Å². The standard InChI is InChI=1S/C18H27NO2/c1-4-5-6-7-8-9-10-11-12-13-14-15-17(20)19-16-18(2,3)21/h4-9,12-15,21H,10-11,16H2,1-3H3,(H,19,20)/b5-4+,7-6+,9-8?,13-12+,15-14+. The first kappa shape index (κ1) is 19.1. The Morgan fingerprint density at radius 2 is 1.57 bits per heavy atom. The van der Waals surface area contributed by atoms with Gasteiger partial charge in [0.25, 0.3) is 0 Å². The van der Waals surface area contributed by atoms with Crippen molar-refractivity contribution in [3.8, 4) is 0 Å². The summed E-state index contributed by atoms with van der Waals surface area (Å²) in [6.45, 7) is 5.53. The van der Waals surface area contributed by atoms with Crippen LogP contribution >= 0.6 is 0 Å². The maximum absolute atomic E-state index is 11.4. The predicted molar refractivity (Wildman–Crippen MR) is 89.9 cm³/mol. The second kappa shape index (κ2) is 11.9. The number of hydrogen-bond acceptors (Lipinski definition) is 2. The number of nitrogens with one attached hydrogen (secondary N) is 1. The van der Waals surface area contributed by atoms with E-state index in [4.69, 9.17) is 0 Å². The van der Waals surface area contributed by atoms with E-state index >= 15 is 0 Å². The van der Waals surface area contributed by atoms with Crippen molar-refractivity contribution in [3.63, 3.8) is 0 Å². The number of carbonyl (C=O) groups excluding carboxylic acids is 1. The van der Waals surface area contributed by atoms with E-state index in [0.29, 0.717) is 0 Å². The Balaban J connectivity index is 3.76. The molecule has 0 heterocycles. The third kappa shape index (κ3) is 16.1. The number of hydrogen-bond donors (Lipinski definition) is 2. The Kier molecular flexibility index (Phi) is 10.9. The highest BCUT2D eigenvalue weighted by Crippen LogP contribution is 1.97. The van der Waals surface area contributed by atoms with Crippen molar-refractivity contribution in [1.29, 1.82) is 0 Å². The minimum atomic E-state index is -0.882. The van der Waals surface area contributed by atoms with Crippen LogP contribution in [0.4, 0.5) is 0 Å². The molecule has 0 aliphatic heterocycles. The van der Waals surface area contributed by atoms with Crippen molar-refractivity contribution in [2.24, 2.45) is 0 Å². The highest BCUT2D eigenvalue weighted by Gasteiger charge is 2.12. The van der Waals surface area contributed by atoms with Gasteiger partial charge in [0.05, 0.1) is 5.60 Å². The van der Waals surface area contributed by atoms with Crippen LogP contribution in [-0.2, 0) is 4.79 Å². The Morgan fingerprint density at radius 3 is 2.14 bits per heavy atom. The van der Waals surface area contributed by atoms with Crippen LogP contribution in [0.2, 0.25) is 0 Å². The zero-order chi connectivity index (χ0) is 16.0. The average molecular weight is 289 g/mol. The Hall–Kier alpha value is -1.87. The maximum atomic E-state index is 11.4. The second-order valence-corrected chi connectivity index (χ2v) is 5.23. The lowest BCUT2D eigenvalue weighted by Crippen LogP contribution is -2.37. The summed E-state index contributed by atoms with van der Waals surface area (Å²) >= 11 is 0. The summed E-state index contributed by atoms with van der Waals surface area (Å²) in [5, 5.41) is 12.1. The van der Waals surface area contributed by atoms with Gasteiger partial charge in [-0.2, -0.15) is 0 Å². The monoisotopic (exact) mass is 289 g/mol. The van der Waals surface area contributed by atoms with Gasteiger partial charge in [-0.3, -0.25) is 4.79 Å². The van der Waals surface area contributed by atoms with Crippen molar-refractivity contribution >= 4 is 5.91 Å². The van der Waals surface area contributed by atoms with Crippen molar-refractivity contribution in [2.45, 2.75) is 39.2 Å². The molecule has 0 atom stereocenters. The lowest BCUT2D eigenvalue weighted by atomic mass is 10.1. The molecule has 116 valence electrons. The zero-order valence-corrected chi connectivity index (χ0v) is 13.3. The normalized spacial score (nSPS) is 13.5. The molecule has 0 fully saturated rings. The lowest BCUT2D eigenvalue weighted by molar-refractivity contribution is -0.117. The van der Waals surface area contributed by atoms with Crippen LogP contribution in [-0.4, -0.2) is 23.2 Å². The SMILES string of the molecule is C/C=C/C=C/C=CCC/C=C/C=C/C(=O)NCC(C)(C)O. The average Bonchev–Trinajstić information content (AvgIpc) is 2.42. The minimum Gasteiger partial charge on any atom is -0.389 e. The summed E-state index contributed by atoms with van der Waals surface area (Å²) in [4.78, 5) is 11.4. The molecule has 0 aromatic rings. The van der Waals surface area contributed by atoms with Gasteiger partial charge in [-0.1, -0.05) is 54.7 Å². The molecule has 3 nitrogen and oxygen atoms in total. The summed E-state index contributed by atoms with van der Waals surface area (Å²) in [5.41, 5.74) is -0.882. The molecule has 0 aromatic carbocycles. The molecule has 1 amide bonds. The first-order valence-electron chi connectivity index (χ1n) is 7.23. The number of amides is 1. The number of aliphatic hydroxyl groups is 1. The molecule has 0 aliphatic rings. The fourth-order valence-corrected chi connectivity index (χ4v) is 1.29. The molecule has 0 aliphatic carbocycles. The molecule has 0 saturated heterocycles. The topological polar surface area (TPSA) is 49.3 Å². The second-order valence-electron chi connectivity index (χ2n) is 5.23. The van der Waals surface area contributed by atoms with Gasteiger partial charge in [0.2, 0.25) is 5.91 Å². The Morgan fingerprint density at radius 1 is 1.00 bits per heavy atom.